The first-order valence-corrected chi connectivity index (χ1v) is 12.4. The number of rotatable bonds is 15. The summed E-state index contributed by atoms with van der Waals surface area (Å²) < 4.78 is 22.6. The molecule has 0 saturated carbocycles. The maximum atomic E-state index is 12.3. The second-order valence-electron chi connectivity index (χ2n) is 8.88. The first-order chi connectivity index (χ1) is 19.2. The summed E-state index contributed by atoms with van der Waals surface area (Å²) in [7, 11) is 2.98. The Balaban J connectivity index is 1.42. The van der Waals surface area contributed by atoms with Crippen LogP contribution in [0.5, 0.6) is 23.0 Å². The van der Waals surface area contributed by atoms with Crippen LogP contribution in [-0.4, -0.2) is 71.1 Å². The van der Waals surface area contributed by atoms with Crippen LogP contribution < -0.4 is 18.9 Å². The summed E-state index contributed by atoms with van der Waals surface area (Å²) >= 11 is 0. The number of carboxylic acids is 2. The van der Waals surface area contributed by atoms with Crippen LogP contribution in [0.1, 0.15) is 46.7 Å². The number of methoxy groups -OCH3 is 2. The van der Waals surface area contributed by atoms with Gasteiger partial charge in [0.1, 0.15) is 13.2 Å². The predicted molar refractivity (Wildman–Crippen MR) is 143 cm³/mol. The van der Waals surface area contributed by atoms with Gasteiger partial charge in [0.15, 0.2) is 34.6 Å². The normalized spacial score (nSPS) is 10.9. The van der Waals surface area contributed by atoms with E-state index in [0.717, 1.165) is 0 Å². The van der Waals surface area contributed by atoms with Gasteiger partial charge < -0.3 is 39.1 Å². The third kappa shape index (κ3) is 6.52. The van der Waals surface area contributed by atoms with Gasteiger partial charge in [-0.3, -0.25) is 19.2 Å². The highest BCUT2D eigenvalue weighted by Gasteiger charge is 2.16. The molecule has 210 valence electrons. The molecule has 0 aliphatic heterocycles. The lowest BCUT2D eigenvalue weighted by molar-refractivity contribution is -0.137. The second kappa shape index (κ2) is 12.2. The Kier molecular flexibility index (Phi) is 8.57. The molecule has 4 aromatic rings. The molecule has 0 atom stereocenters. The molecule has 0 amide bonds. The van der Waals surface area contributed by atoms with Gasteiger partial charge in [-0.05, 0) is 24.3 Å². The van der Waals surface area contributed by atoms with Crippen LogP contribution >= 0.6 is 0 Å². The van der Waals surface area contributed by atoms with E-state index in [-0.39, 0.29) is 50.5 Å². The molecule has 0 fully saturated rings. The molecule has 12 heteroatoms. The van der Waals surface area contributed by atoms with Gasteiger partial charge in [-0.2, -0.15) is 0 Å². The number of carbonyl (C=O) groups is 4. The van der Waals surface area contributed by atoms with E-state index in [2.05, 4.69) is 9.97 Å². The number of H-pyrrole nitrogens is 2. The maximum absolute atomic E-state index is 12.3. The summed E-state index contributed by atoms with van der Waals surface area (Å²) in [6.07, 6.45) is -0.722. The van der Waals surface area contributed by atoms with E-state index < -0.39 is 11.9 Å². The van der Waals surface area contributed by atoms with Gasteiger partial charge in [0, 0.05) is 46.8 Å². The molecule has 0 unspecified atom stereocenters. The Hall–Kier alpha value is -5.00. The fourth-order valence-electron chi connectivity index (χ4n) is 4.14. The third-order valence-electron chi connectivity index (χ3n) is 6.14. The molecule has 0 bridgehead atoms. The molecule has 40 heavy (non-hydrogen) atoms. The summed E-state index contributed by atoms with van der Waals surface area (Å²) in [5.41, 5.74) is 1.89. The number of carboxylic acid groups (broad SMARTS) is 2. The van der Waals surface area contributed by atoms with Crippen molar-refractivity contribution in [2.75, 3.05) is 27.4 Å². The van der Waals surface area contributed by atoms with E-state index >= 15 is 0 Å². The fraction of sp³-hybridized carbons (Fsp3) is 0.286. The smallest absolute Gasteiger partial charge is 0.303 e. The molecule has 4 rings (SSSR count). The zero-order valence-corrected chi connectivity index (χ0v) is 21.9. The molecule has 0 spiro atoms. The lowest BCUT2D eigenvalue weighted by Crippen LogP contribution is -2.10. The van der Waals surface area contributed by atoms with Crippen LogP contribution in [0.25, 0.3) is 21.8 Å². The number of Topliss-reactive ketones (excluding diaryl/α,β-unsaturated/α-hetero) is 2. The van der Waals surface area contributed by atoms with Crippen molar-refractivity contribution in [3.8, 4) is 23.0 Å². The molecule has 0 aliphatic rings. The summed E-state index contributed by atoms with van der Waals surface area (Å²) in [6.45, 7) is 0.286. The van der Waals surface area contributed by atoms with Crippen LogP contribution in [0.4, 0.5) is 0 Å². The van der Waals surface area contributed by atoms with Crippen molar-refractivity contribution in [3.05, 3.63) is 47.8 Å². The van der Waals surface area contributed by atoms with Gasteiger partial charge >= 0.3 is 11.9 Å². The summed E-state index contributed by atoms with van der Waals surface area (Å²) in [6, 6.07) is 10.1. The molecular weight excluding hydrogens is 524 g/mol. The minimum atomic E-state index is -1.04. The van der Waals surface area contributed by atoms with E-state index in [4.69, 9.17) is 29.2 Å². The van der Waals surface area contributed by atoms with Crippen molar-refractivity contribution < 1.29 is 48.3 Å². The Bertz CT molecular complexity index is 1460. The van der Waals surface area contributed by atoms with Gasteiger partial charge in [0.05, 0.1) is 38.4 Å². The zero-order valence-electron chi connectivity index (χ0n) is 21.9. The highest BCUT2D eigenvalue weighted by atomic mass is 16.5. The van der Waals surface area contributed by atoms with Crippen LogP contribution in [0.3, 0.4) is 0 Å². The van der Waals surface area contributed by atoms with Crippen LogP contribution in [-0.2, 0) is 9.59 Å². The average molecular weight is 553 g/mol. The third-order valence-corrected chi connectivity index (χ3v) is 6.14. The maximum Gasteiger partial charge on any atom is 0.303 e. The molecule has 2 heterocycles. The molecule has 2 aromatic heterocycles. The van der Waals surface area contributed by atoms with Gasteiger partial charge in [0.25, 0.3) is 0 Å². The Morgan fingerprint density at radius 3 is 1.35 bits per heavy atom. The van der Waals surface area contributed by atoms with Crippen LogP contribution in [0, 0.1) is 0 Å². The number of nitrogens with one attached hydrogen (secondary N) is 2. The number of ketones is 2. The van der Waals surface area contributed by atoms with E-state index in [1.165, 1.54) is 14.2 Å². The number of fused-ring (bicyclic) bond motifs is 2. The van der Waals surface area contributed by atoms with Gasteiger partial charge in [0.2, 0.25) is 0 Å². The van der Waals surface area contributed by atoms with Crippen molar-refractivity contribution >= 4 is 45.3 Å². The number of aromatic amines is 2. The van der Waals surface area contributed by atoms with Gasteiger partial charge in [-0.25, -0.2) is 0 Å². The molecule has 2 aromatic carbocycles. The van der Waals surface area contributed by atoms with Gasteiger partial charge in [-0.15, -0.1) is 0 Å². The Morgan fingerprint density at radius 2 is 1.00 bits per heavy atom. The Morgan fingerprint density at radius 1 is 0.600 bits per heavy atom. The van der Waals surface area contributed by atoms with Crippen molar-refractivity contribution in [1.82, 2.24) is 9.97 Å². The van der Waals surface area contributed by atoms with E-state index in [0.29, 0.717) is 56.2 Å². The molecule has 4 N–H and O–H groups in total. The van der Waals surface area contributed by atoms with E-state index in [9.17, 15) is 19.2 Å². The van der Waals surface area contributed by atoms with Crippen LogP contribution in [0.15, 0.2) is 36.4 Å². The number of hydrogen-bond donors (Lipinski definition) is 4. The summed E-state index contributed by atoms with van der Waals surface area (Å²) in [5, 5.41) is 19.0. The fourth-order valence-corrected chi connectivity index (χ4v) is 4.14. The molecular formula is C28H28N2O10. The Labute approximate surface area is 227 Å². The molecule has 0 saturated heterocycles. The number of aromatic nitrogens is 2. The standard InChI is InChI=1S/C28H28N2O10/c1-37-23-13-17-15(9-19(29-17)21(31)3-5-27(33)34)11-25(23)39-7-8-40-26-12-16-10-20(22(32)4-6-28(35)36)30-18(16)14-24(26)38-2/h9-14,29-30H,3-8H2,1-2H3,(H,33,34)(H,35,36). The highest BCUT2D eigenvalue weighted by molar-refractivity contribution is 6.01. The SMILES string of the molecule is COc1cc2[nH]c(C(=O)CCC(=O)O)cc2cc1OCCOc1cc2cc(C(=O)CCC(=O)O)[nH]c2cc1OC. The largest absolute Gasteiger partial charge is 0.493 e. The monoisotopic (exact) mass is 552 g/mol. The quantitative estimate of drug-likeness (QED) is 0.123. The van der Waals surface area contributed by atoms with Crippen molar-refractivity contribution in [1.29, 1.82) is 0 Å². The first kappa shape index (κ1) is 28.0. The number of carbonyl (C=O) groups excluding carboxylic acids is 2. The molecule has 12 nitrogen and oxygen atoms in total. The van der Waals surface area contributed by atoms with Crippen molar-refractivity contribution in [2.24, 2.45) is 0 Å². The summed E-state index contributed by atoms with van der Waals surface area (Å²) in [5.74, 6) is -0.961. The first-order valence-electron chi connectivity index (χ1n) is 12.4. The van der Waals surface area contributed by atoms with Crippen molar-refractivity contribution in [3.63, 3.8) is 0 Å². The second-order valence-corrected chi connectivity index (χ2v) is 8.88. The number of hydrogen-bond acceptors (Lipinski definition) is 8. The number of aliphatic carboxylic acids is 2. The average Bonchev–Trinajstić information content (AvgIpc) is 3.55. The van der Waals surface area contributed by atoms with Crippen molar-refractivity contribution in [2.45, 2.75) is 25.7 Å². The highest BCUT2D eigenvalue weighted by Crippen LogP contribution is 2.34. The lowest BCUT2D eigenvalue weighted by Gasteiger charge is -2.13. The topological polar surface area (TPSA) is 177 Å². The number of benzene rings is 2. The van der Waals surface area contributed by atoms with E-state index in [1.807, 2.05) is 0 Å². The minimum Gasteiger partial charge on any atom is -0.493 e. The number of ether oxygens (including phenoxy) is 4. The lowest BCUT2D eigenvalue weighted by atomic mass is 10.1. The molecule has 0 radical (unpaired) electrons. The zero-order chi connectivity index (χ0) is 28.8. The van der Waals surface area contributed by atoms with Crippen LogP contribution in [0.2, 0.25) is 0 Å². The van der Waals surface area contributed by atoms with E-state index in [1.54, 1.807) is 36.4 Å². The molecule has 0 aliphatic carbocycles. The predicted octanol–water partition coefficient (Wildman–Crippen LogP) is 4.22. The minimum absolute atomic E-state index is 0.111. The van der Waals surface area contributed by atoms with Gasteiger partial charge in [-0.1, -0.05) is 0 Å². The summed E-state index contributed by atoms with van der Waals surface area (Å²) in [4.78, 5) is 52.1.